The van der Waals surface area contributed by atoms with Crippen LogP contribution in [-0.4, -0.2) is 41.0 Å². The summed E-state index contributed by atoms with van der Waals surface area (Å²) in [6, 6.07) is 0. The van der Waals surface area contributed by atoms with Crippen molar-refractivity contribution in [3.63, 3.8) is 0 Å². The normalized spacial score (nSPS) is 13.1. The largest absolute Gasteiger partial charge is 0.469 e. The Kier molecular flexibility index (Phi) is 42.1. The van der Waals surface area contributed by atoms with Gasteiger partial charge >= 0.3 is 19.8 Å². The number of esters is 2. The lowest BCUT2D eigenvalue weighted by molar-refractivity contribution is -0.161. The summed E-state index contributed by atoms with van der Waals surface area (Å²) >= 11 is 0. The smallest absolute Gasteiger partial charge is 0.462 e. The van der Waals surface area contributed by atoms with Crippen molar-refractivity contribution in [1.29, 1.82) is 0 Å². The number of phosphoric acid groups is 1. The molecule has 0 heterocycles. The molecule has 0 saturated heterocycles. The van der Waals surface area contributed by atoms with Crippen molar-refractivity contribution in [2.75, 3.05) is 13.2 Å². The fourth-order valence-electron chi connectivity index (χ4n) is 6.23. The van der Waals surface area contributed by atoms with Crippen LogP contribution in [0.4, 0.5) is 0 Å². The molecule has 58 heavy (non-hydrogen) atoms. The van der Waals surface area contributed by atoms with Gasteiger partial charge in [0.05, 0.1) is 6.61 Å². The first-order valence-corrected chi connectivity index (χ1v) is 24.8. The van der Waals surface area contributed by atoms with Gasteiger partial charge < -0.3 is 19.3 Å². The van der Waals surface area contributed by atoms with Gasteiger partial charge in [-0.25, -0.2) is 4.57 Å². The summed E-state index contributed by atoms with van der Waals surface area (Å²) in [5, 5.41) is 0. The van der Waals surface area contributed by atoms with Crippen molar-refractivity contribution < 1.29 is 37.9 Å². The minimum atomic E-state index is -4.78. The van der Waals surface area contributed by atoms with Crippen molar-refractivity contribution in [3.8, 4) is 0 Å². The fourth-order valence-corrected chi connectivity index (χ4v) is 6.59. The number of allylic oxidation sites excluding steroid dienone is 12. The maximum atomic E-state index is 12.4. The topological polar surface area (TPSA) is 119 Å². The summed E-state index contributed by atoms with van der Waals surface area (Å²) in [7, 11) is -4.78. The summed E-state index contributed by atoms with van der Waals surface area (Å²) < 4.78 is 26.4. The standard InChI is InChI=1S/C49H85O8P/c1-3-5-7-9-11-13-15-17-19-21-23-24-26-27-29-31-33-35-37-39-41-43-48(50)55-45-47(46-56-58(52,53)54)57-49(51)44-42-40-38-36-34-32-30-28-25-22-20-18-16-14-12-10-8-6-4-2/h12,14,17-20,25,28,32,34,38,40,47H,3-11,13,15-16,21-24,26-27,29-31,33,35-37,39,41-46H2,1-2H3,(H2,52,53,54)/b14-12+,19-17+,20-18+,28-25+,34-32+,40-38+/t47-/m1/s1. The Morgan fingerprint density at radius 1 is 0.448 bits per heavy atom. The first-order valence-electron chi connectivity index (χ1n) is 23.2. The van der Waals surface area contributed by atoms with E-state index in [4.69, 9.17) is 19.3 Å². The molecule has 0 spiro atoms. The molecule has 0 aromatic carbocycles. The van der Waals surface area contributed by atoms with E-state index in [9.17, 15) is 14.2 Å². The Morgan fingerprint density at radius 2 is 0.810 bits per heavy atom. The second-order valence-electron chi connectivity index (χ2n) is 15.4. The van der Waals surface area contributed by atoms with Gasteiger partial charge in [-0.3, -0.25) is 14.1 Å². The first-order chi connectivity index (χ1) is 28.3. The molecule has 0 unspecified atom stereocenters. The van der Waals surface area contributed by atoms with Crippen molar-refractivity contribution >= 4 is 19.8 Å². The second kappa shape index (κ2) is 44.1. The Bertz CT molecular complexity index is 1170. The van der Waals surface area contributed by atoms with Gasteiger partial charge in [-0.2, -0.15) is 0 Å². The van der Waals surface area contributed by atoms with Crippen LogP contribution in [0, 0.1) is 0 Å². The summed E-state index contributed by atoms with van der Waals surface area (Å²) in [5.41, 5.74) is 0. The van der Waals surface area contributed by atoms with E-state index in [1.165, 1.54) is 122 Å². The average molecular weight is 833 g/mol. The maximum Gasteiger partial charge on any atom is 0.469 e. The molecule has 2 N–H and O–H groups in total. The predicted molar refractivity (Wildman–Crippen MR) is 244 cm³/mol. The number of unbranched alkanes of at least 4 members (excludes halogenated alkanes) is 20. The van der Waals surface area contributed by atoms with Gasteiger partial charge in [-0.15, -0.1) is 0 Å². The van der Waals surface area contributed by atoms with Crippen molar-refractivity contribution in [3.05, 3.63) is 72.9 Å². The Hall–Kier alpha value is -2.51. The molecule has 0 aliphatic heterocycles. The third-order valence-electron chi connectivity index (χ3n) is 9.71. The molecule has 0 amide bonds. The second-order valence-corrected chi connectivity index (χ2v) is 16.6. The van der Waals surface area contributed by atoms with E-state index in [0.717, 1.165) is 44.9 Å². The lowest BCUT2D eigenvalue weighted by Crippen LogP contribution is -2.29. The molecular formula is C49H85O8P. The molecule has 8 nitrogen and oxygen atoms in total. The number of carbonyl (C=O) groups excluding carboxylic acids is 2. The van der Waals surface area contributed by atoms with Gasteiger partial charge in [0.1, 0.15) is 6.61 Å². The molecule has 1 atom stereocenters. The molecule has 9 heteroatoms. The van der Waals surface area contributed by atoms with Crippen LogP contribution in [0.3, 0.4) is 0 Å². The van der Waals surface area contributed by atoms with Gasteiger partial charge in [0.15, 0.2) is 6.10 Å². The molecular weight excluding hydrogens is 748 g/mol. The number of hydrogen-bond acceptors (Lipinski definition) is 6. The number of rotatable bonds is 42. The Labute approximate surface area is 355 Å². The van der Waals surface area contributed by atoms with E-state index >= 15 is 0 Å². The van der Waals surface area contributed by atoms with Gasteiger partial charge in [0, 0.05) is 12.8 Å². The summed E-state index contributed by atoms with van der Waals surface area (Å²) in [5.74, 6) is -0.982. The molecule has 0 fully saturated rings. The molecule has 0 aliphatic rings. The van der Waals surface area contributed by atoms with Gasteiger partial charge in [-0.05, 0) is 77.0 Å². The van der Waals surface area contributed by atoms with Crippen LogP contribution in [0.25, 0.3) is 0 Å². The number of ether oxygens (including phenoxy) is 2. The molecule has 334 valence electrons. The fraction of sp³-hybridized carbons (Fsp3) is 0.714. The van der Waals surface area contributed by atoms with Crippen LogP contribution >= 0.6 is 7.82 Å². The number of hydrogen-bond donors (Lipinski definition) is 2. The lowest BCUT2D eigenvalue weighted by atomic mass is 10.0. The van der Waals surface area contributed by atoms with Gasteiger partial charge in [0.25, 0.3) is 0 Å². The van der Waals surface area contributed by atoms with E-state index in [0.29, 0.717) is 12.8 Å². The Morgan fingerprint density at radius 3 is 1.28 bits per heavy atom. The average Bonchev–Trinajstić information content (AvgIpc) is 3.20. The van der Waals surface area contributed by atoms with Crippen LogP contribution in [-0.2, 0) is 28.2 Å². The first kappa shape index (κ1) is 55.5. The maximum absolute atomic E-state index is 12.4. The van der Waals surface area contributed by atoms with Crippen LogP contribution in [0.5, 0.6) is 0 Å². The molecule has 0 saturated carbocycles. The Balaban J connectivity index is 3.98. The van der Waals surface area contributed by atoms with Gasteiger partial charge in [0.2, 0.25) is 0 Å². The predicted octanol–water partition coefficient (Wildman–Crippen LogP) is 14.6. The summed E-state index contributed by atoms with van der Waals surface area (Å²) in [6.45, 7) is 3.60. The minimum absolute atomic E-state index is 0.0860. The van der Waals surface area contributed by atoms with Crippen molar-refractivity contribution in [1.82, 2.24) is 0 Å². The van der Waals surface area contributed by atoms with E-state index in [2.05, 4.69) is 79.1 Å². The molecule has 0 bridgehead atoms. The zero-order chi connectivity index (χ0) is 42.5. The van der Waals surface area contributed by atoms with Crippen molar-refractivity contribution in [2.24, 2.45) is 0 Å². The van der Waals surface area contributed by atoms with Crippen LogP contribution in [0.2, 0.25) is 0 Å². The third kappa shape index (κ3) is 46.2. The highest BCUT2D eigenvalue weighted by Gasteiger charge is 2.22. The lowest BCUT2D eigenvalue weighted by Gasteiger charge is -2.18. The molecule has 0 aliphatic carbocycles. The van der Waals surface area contributed by atoms with Crippen LogP contribution in [0.1, 0.15) is 206 Å². The minimum Gasteiger partial charge on any atom is -0.462 e. The van der Waals surface area contributed by atoms with Gasteiger partial charge in [-0.1, -0.05) is 189 Å². The number of carbonyl (C=O) groups is 2. The molecule has 0 aromatic rings. The zero-order valence-electron chi connectivity index (χ0n) is 36.9. The van der Waals surface area contributed by atoms with Crippen molar-refractivity contribution in [2.45, 2.75) is 213 Å². The van der Waals surface area contributed by atoms with E-state index < -0.39 is 32.5 Å². The van der Waals surface area contributed by atoms with E-state index in [1.807, 2.05) is 12.2 Å². The van der Waals surface area contributed by atoms with Crippen LogP contribution in [0.15, 0.2) is 72.9 Å². The summed E-state index contributed by atoms with van der Waals surface area (Å²) in [6.07, 6.45) is 57.8. The highest BCUT2D eigenvalue weighted by molar-refractivity contribution is 7.46. The highest BCUT2D eigenvalue weighted by Crippen LogP contribution is 2.36. The number of phosphoric ester groups is 1. The third-order valence-corrected chi connectivity index (χ3v) is 10.2. The molecule has 0 rings (SSSR count). The highest BCUT2D eigenvalue weighted by atomic mass is 31.2. The molecule has 0 aromatic heterocycles. The zero-order valence-corrected chi connectivity index (χ0v) is 37.8. The monoisotopic (exact) mass is 833 g/mol. The quantitative estimate of drug-likeness (QED) is 0.0270. The SMILES string of the molecule is CCCCC/C=C/C/C=C/C/C=C/C/C=C/C/C=C/CCC(=O)O[C@H](COC(=O)CCCCCCCCCCCCC/C=C/CCCCCCCC)COP(=O)(O)O. The van der Waals surface area contributed by atoms with E-state index in [-0.39, 0.29) is 19.4 Å². The summed E-state index contributed by atoms with van der Waals surface area (Å²) in [4.78, 5) is 42.9. The van der Waals surface area contributed by atoms with Crippen LogP contribution < -0.4 is 0 Å². The molecule has 0 radical (unpaired) electrons. The van der Waals surface area contributed by atoms with E-state index in [1.54, 1.807) is 0 Å².